The second-order valence-electron chi connectivity index (χ2n) is 6.08. The third kappa shape index (κ3) is 6.59. The van der Waals surface area contributed by atoms with Crippen LogP contribution in [-0.2, 0) is 22.6 Å². The Hall–Kier alpha value is -2.33. The van der Waals surface area contributed by atoms with Gasteiger partial charge in [-0.3, -0.25) is 9.59 Å². The second kappa shape index (κ2) is 9.23. The largest absolute Gasteiger partial charge is 0.350 e. The van der Waals surface area contributed by atoms with Gasteiger partial charge in [-0.25, -0.2) is 0 Å². The number of amides is 2. The second-order valence-corrected chi connectivity index (χ2v) is 6.52. The fourth-order valence-electron chi connectivity index (χ4n) is 2.40. The Bertz CT molecular complexity index is 711. The summed E-state index contributed by atoms with van der Waals surface area (Å²) in [5.41, 5.74) is 3.30. The van der Waals surface area contributed by atoms with Crippen molar-refractivity contribution in [3.05, 3.63) is 70.2 Å². The molecule has 5 heteroatoms. The molecule has 2 aromatic rings. The fourth-order valence-corrected chi connectivity index (χ4v) is 2.52. The number of carbonyl (C=O) groups is 2. The van der Waals surface area contributed by atoms with Crippen LogP contribution in [0.5, 0.6) is 0 Å². The molecule has 4 nitrogen and oxygen atoms in total. The molecule has 2 rings (SSSR count). The minimum atomic E-state index is -0.160. The van der Waals surface area contributed by atoms with Gasteiger partial charge in [-0.2, -0.15) is 0 Å². The summed E-state index contributed by atoms with van der Waals surface area (Å²) < 4.78 is 0. The van der Waals surface area contributed by atoms with Crippen molar-refractivity contribution in [2.24, 2.45) is 0 Å². The van der Waals surface area contributed by atoms with Gasteiger partial charge in [0.25, 0.3) is 0 Å². The van der Waals surface area contributed by atoms with Gasteiger partial charge in [0.2, 0.25) is 11.8 Å². The number of benzene rings is 2. The maximum Gasteiger partial charge on any atom is 0.239 e. The van der Waals surface area contributed by atoms with Crippen molar-refractivity contribution in [1.29, 1.82) is 0 Å². The van der Waals surface area contributed by atoms with E-state index < -0.39 is 0 Å². The maximum absolute atomic E-state index is 12.1. The minimum absolute atomic E-state index is 0.0643. The first-order valence-corrected chi connectivity index (χ1v) is 8.64. The predicted octanol–water partition coefficient (Wildman–Crippen LogP) is 3.36. The monoisotopic (exact) mass is 358 g/mol. The van der Waals surface area contributed by atoms with Crippen molar-refractivity contribution >= 4 is 23.4 Å². The van der Waals surface area contributed by atoms with Crippen LogP contribution in [0.25, 0.3) is 0 Å². The van der Waals surface area contributed by atoms with Crippen LogP contribution in [0.15, 0.2) is 48.5 Å². The Labute approximate surface area is 153 Å². The van der Waals surface area contributed by atoms with E-state index in [1.54, 1.807) is 4.90 Å². The van der Waals surface area contributed by atoms with E-state index in [9.17, 15) is 9.59 Å². The molecule has 132 valence electrons. The summed E-state index contributed by atoms with van der Waals surface area (Å²) in [6.45, 7) is 4.52. The van der Waals surface area contributed by atoms with Crippen LogP contribution in [0, 0.1) is 6.92 Å². The number of carbonyl (C=O) groups excluding carboxylic acids is 2. The first kappa shape index (κ1) is 19.0. The summed E-state index contributed by atoms with van der Waals surface area (Å²) in [7, 11) is 0. The van der Waals surface area contributed by atoms with Gasteiger partial charge in [0.05, 0.1) is 6.54 Å². The van der Waals surface area contributed by atoms with E-state index in [0.717, 1.165) is 11.1 Å². The molecule has 0 saturated heterocycles. The lowest BCUT2D eigenvalue weighted by molar-refractivity contribution is -0.134. The first-order chi connectivity index (χ1) is 11.9. The molecule has 0 unspecified atom stereocenters. The van der Waals surface area contributed by atoms with Crippen molar-refractivity contribution in [3.8, 4) is 0 Å². The third-order valence-electron chi connectivity index (χ3n) is 3.97. The van der Waals surface area contributed by atoms with Crippen LogP contribution in [0.2, 0.25) is 5.02 Å². The van der Waals surface area contributed by atoms with E-state index in [4.69, 9.17) is 11.6 Å². The van der Waals surface area contributed by atoms with Crippen LogP contribution in [0.4, 0.5) is 0 Å². The Balaban J connectivity index is 1.83. The van der Waals surface area contributed by atoms with Gasteiger partial charge in [-0.05, 0) is 36.6 Å². The Morgan fingerprint density at radius 1 is 1.00 bits per heavy atom. The molecule has 0 fully saturated rings. The van der Waals surface area contributed by atoms with Crippen LogP contribution >= 0.6 is 11.6 Å². The van der Waals surface area contributed by atoms with E-state index in [1.807, 2.05) is 55.5 Å². The summed E-state index contributed by atoms with van der Waals surface area (Å²) in [5, 5.41) is 3.54. The highest BCUT2D eigenvalue weighted by atomic mass is 35.5. The van der Waals surface area contributed by atoms with Crippen molar-refractivity contribution in [1.82, 2.24) is 10.2 Å². The SMILES string of the molecule is CC(=O)N(CCc1ccc(Cl)cc1)CC(=O)NCc1ccc(C)cc1. The number of nitrogens with zero attached hydrogens (tertiary/aromatic N) is 1. The summed E-state index contributed by atoms with van der Waals surface area (Å²) >= 11 is 5.87. The number of hydrogen-bond acceptors (Lipinski definition) is 2. The topological polar surface area (TPSA) is 49.4 Å². The molecule has 0 spiro atoms. The van der Waals surface area contributed by atoms with E-state index >= 15 is 0 Å². The number of hydrogen-bond donors (Lipinski definition) is 1. The molecule has 0 bridgehead atoms. The van der Waals surface area contributed by atoms with Crippen molar-refractivity contribution < 1.29 is 9.59 Å². The molecule has 1 N–H and O–H groups in total. The highest BCUT2D eigenvalue weighted by Gasteiger charge is 2.13. The zero-order chi connectivity index (χ0) is 18.2. The van der Waals surface area contributed by atoms with Gasteiger partial charge in [-0.15, -0.1) is 0 Å². The quantitative estimate of drug-likeness (QED) is 0.825. The standard InChI is InChI=1S/C20H23ClN2O2/c1-15-3-5-18(6-4-15)13-22-20(25)14-23(16(2)24)12-11-17-7-9-19(21)10-8-17/h3-10H,11-14H2,1-2H3,(H,22,25). The Morgan fingerprint density at radius 3 is 2.20 bits per heavy atom. The molecule has 0 saturated carbocycles. The summed E-state index contributed by atoms with van der Waals surface area (Å²) in [5.74, 6) is -0.272. The predicted molar refractivity (Wildman–Crippen MR) is 100 cm³/mol. The molecular formula is C20H23ClN2O2. The molecule has 0 atom stereocenters. The number of nitrogens with one attached hydrogen (secondary N) is 1. The van der Waals surface area contributed by atoms with Crippen molar-refractivity contribution in [3.63, 3.8) is 0 Å². The van der Waals surface area contributed by atoms with Gasteiger partial charge < -0.3 is 10.2 Å². The van der Waals surface area contributed by atoms with Crippen LogP contribution in [0.3, 0.4) is 0 Å². The summed E-state index contributed by atoms with van der Waals surface area (Å²) in [4.78, 5) is 25.5. The number of aryl methyl sites for hydroxylation is 1. The van der Waals surface area contributed by atoms with Crippen LogP contribution < -0.4 is 5.32 Å². The fraction of sp³-hybridized carbons (Fsp3) is 0.300. The van der Waals surface area contributed by atoms with Crippen LogP contribution in [-0.4, -0.2) is 29.8 Å². The molecule has 0 aromatic heterocycles. The number of halogens is 1. The van der Waals surface area contributed by atoms with Gasteiger partial charge >= 0.3 is 0 Å². The molecule has 0 aliphatic rings. The molecule has 25 heavy (non-hydrogen) atoms. The smallest absolute Gasteiger partial charge is 0.239 e. The third-order valence-corrected chi connectivity index (χ3v) is 4.23. The zero-order valence-corrected chi connectivity index (χ0v) is 15.3. The molecular weight excluding hydrogens is 336 g/mol. The average molecular weight is 359 g/mol. The van der Waals surface area contributed by atoms with Crippen molar-refractivity contribution in [2.45, 2.75) is 26.8 Å². The molecule has 0 radical (unpaired) electrons. The van der Waals surface area contributed by atoms with Crippen molar-refractivity contribution in [2.75, 3.05) is 13.1 Å². The lowest BCUT2D eigenvalue weighted by Crippen LogP contribution is -2.40. The van der Waals surface area contributed by atoms with Gasteiger partial charge in [0.1, 0.15) is 0 Å². The molecule has 0 aliphatic carbocycles. The normalized spacial score (nSPS) is 10.4. The average Bonchev–Trinajstić information content (AvgIpc) is 2.59. The Morgan fingerprint density at radius 2 is 1.60 bits per heavy atom. The van der Waals surface area contributed by atoms with E-state index in [1.165, 1.54) is 12.5 Å². The van der Waals surface area contributed by atoms with E-state index in [-0.39, 0.29) is 18.4 Å². The lowest BCUT2D eigenvalue weighted by Gasteiger charge is -2.20. The highest BCUT2D eigenvalue weighted by molar-refractivity contribution is 6.30. The minimum Gasteiger partial charge on any atom is -0.350 e. The van der Waals surface area contributed by atoms with E-state index in [0.29, 0.717) is 24.5 Å². The first-order valence-electron chi connectivity index (χ1n) is 8.26. The highest BCUT2D eigenvalue weighted by Crippen LogP contribution is 2.10. The molecule has 0 aliphatic heterocycles. The summed E-state index contributed by atoms with van der Waals surface area (Å²) in [6.07, 6.45) is 0.683. The van der Waals surface area contributed by atoms with Gasteiger partial charge in [0, 0.05) is 25.0 Å². The van der Waals surface area contributed by atoms with Gasteiger partial charge in [-0.1, -0.05) is 53.6 Å². The molecule has 2 aromatic carbocycles. The zero-order valence-electron chi connectivity index (χ0n) is 14.6. The molecule has 0 heterocycles. The van der Waals surface area contributed by atoms with Gasteiger partial charge in [0.15, 0.2) is 0 Å². The summed E-state index contributed by atoms with van der Waals surface area (Å²) in [6, 6.07) is 15.5. The lowest BCUT2D eigenvalue weighted by atomic mass is 10.1. The number of rotatable bonds is 7. The Kier molecular flexibility index (Phi) is 7.02. The van der Waals surface area contributed by atoms with E-state index in [2.05, 4.69) is 5.32 Å². The van der Waals surface area contributed by atoms with Crippen LogP contribution in [0.1, 0.15) is 23.6 Å². The maximum atomic E-state index is 12.1. The molecule has 2 amide bonds.